The van der Waals surface area contributed by atoms with Crippen LogP contribution < -0.4 is 0 Å². The molecule has 0 saturated heterocycles. The van der Waals surface area contributed by atoms with Crippen LogP contribution in [0.1, 0.15) is 19.8 Å². The molecule has 1 unspecified atom stereocenters. The Morgan fingerprint density at radius 3 is 2.71 bits per heavy atom. The fourth-order valence-corrected chi connectivity index (χ4v) is 4.07. The van der Waals surface area contributed by atoms with E-state index in [9.17, 15) is 0 Å². The van der Waals surface area contributed by atoms with Crippen molar-refractivity contribution in [3.05, 3.63) is 23.8 Å². The van der Waals surface area contributed by atoms with Crippen molar-refractivity contribution in [1.29, 1.82) is 0 Å². The first-order chi connectivity index (χ1) is 6.56. The summed E-state index contributed by atoms with van der Waals surface area (Å²) < 4.78 is 0. The first kappa shape index (κ1) is 11.9. The number of hydrogen-bond donors (Lipinski definition) is 1. The van der Waals surface area contributed by atoms with Gasteiger partial charge in [-0.3, -0.25) is 0 Å². The third-order valence-electron chi connectivity index (χ3n) is 2.89. The molecule has 1 aliphatic carbocycles. The fraction of sp³-hybridized carbons (Fsp3) is 0.667. The molecule has 0 radical (unpaired) electrons. The van der Waals surface area contributed by atoms with E-state index in [-0.39, 0.29) is 0 Å². The highest BCUT2D eigenvalue weighted by atomic mass is 32.3. The molecule has 0 aromatic carbocycles. The van der Waals surface area contributed by atoms with Gasteiger partial charge in [-0.05, 0) is 38.0 Å². The molecule has 0 spiro atoms. The number of rotatable bonds is 4. The van der Waals surface area contributed by atoms with E-state index in [0.717, 1.165) is 11.7 Å². The van der Waals surface area contributed by atoms with Gasteiger partial charge in [0.05, 0.1) is 0 Å². The molecule has 1 rings (SSSR count). The van der Waals surface area contributed by atoms with Crippen molar-refractivity contribution < 1.29 is 5.11 Å². The molecular weight excluding hydrogens is 192 g/mol. The summed E-state index contributed by atoms with van der Waals surface area (Å²) in [6.07, 6.45) is 13.8. The van der Waals surface area contributed by atoms with Crippen LogP contribution in [0, 0.1) is 0 Å². The average molecular weight is 214 g/mol. The summed E-state index contributed by atoms with van der Waals surface area (Å²) in [7, 11) is -0.560. The molecule has 0 amide bonds. The fourth-order valence-electron chi connectivity index (χ4n) is 1.77. The van der Waals surface area contributed by atoms with Gasteiger partial charge in [-0.15, -0.1) is 0 Å². The van der Waals surface area contributed by atoms with Crippen LogP contribution in [-0.2, 0) is 0 Å². The van der Waals surface area contributed by atoms with Crippen molar-refractivity contribution in [3.8, 4) is 0 Å². The van der Waals surface area contributed by atoms with Gasteiger partial charge >= 0.3 is 0 Å². The molecule has 1 atom stereocenters. The van der Waals surface area contributed by atoms with E-state index >= 15 is 0 Å². The Balaban J connectivity index is 2.52. The number of aliphatic hydroxyl groups excluding tert-OH is 1. The lowest BCUT2D eigenvalue weighted by Crippen LogP contribution is -2.19. The van der Waals surface area contributed by atoms with Crippen LogP contribution in [0.25, 0.3) is 0 Å². The van der Waals surface area contributed by atoms with E-state index in [4.69, 9.17) is 5.11 Å². The summed E-state index contributed by atoms with van der Waals surface area (Å²) in [5, 5.41) is 9.57. The Bertz CT molecular complexity index is 241. The molecule has 0 fully saturated rings. The molecule has 1 aliphatic rings. The van der Waals surface area contributed by atoms with E-state index in [1.54, 1.807) is 0 Å². The summed E-state index contributed by atoms with van der Waals surface area (Å²) in [5.41, 5.74) is 1.39. The third kappa shape index (κ3) is 3.18. The van der Waals surface area contributed by atoms with Crippen molar-refractivity contribution in [1.82, 2.24) is 0 Å². The van der Waals surface area contributed by atoms with Gasteiger partial charge in [-0.2, -0.15) is 0 Å². The van der Waals surface area contributed by atoms with Crippen LogP contribution in [0.5, 0.6) is 0 Å². The largest absolute Gasteiger partial charge is 0.396 e. The van der Waals surface area contributed by atoms with E-state index in [0.29, 0.717) is 6.61 Å². The molecule has 2 heteroatoms. The van der Waals surface area contributed by atoms with Crippen molar-refractivity contribution in [3.63, 3.8) is 0 Å². The van der Waals surface area contributed by atoms with Crippen molar-refractivity contribution in [2.75, 3.05) is 24.9 Å². The second-order valence-electron chi connectivity index (χ2n) is 4.49. The van der Waals surface area contributed by atoms with Gasteiger partial charge in [-0.1, -0.05) is 23.8 Å². The lowest BCUT2D eigenvalue weighted by atomic mass is 10.1. The lowest BCUT2D eigenvalue weighted by Gasteiger charge is -2.39. The highest BCUT2D eigenvalue weighted by Crippen LogP contribution is 2.49. The maximum Gasteiger partial charge on any atom is 0.0438 e. The Morgan fingerprint density at radius 2 is 2.21 bits per heavy atom. The first-order valence-electron chi connectivity index (χ1n) is 5.22. The summed E-state index contributed by atoms with van der Waals surface area (Å²) >= 11 is 0. The second-order valence-corrected chi connectivity index (χ2v) is 8.75. The predicted molar refractivity (Wildman–Crippen MR) is 67.3 cm³/mol. The highest BCUT2D eigenvalue weighted by molar-refractivity contribution is 8.33. The minimum Gasteiger partial charge on any atom is -0.396 e. The Morgan fingerprint density at radius 1 is 1.50 bits per heavy atom. The van der Waals surface area contributed by atoms with Crippen LogP contribution in [0.2, 0.25) is 0 Å². The van der Waals surface area contributed by atoms with E-state index < -0.39 is 10.0 Å². The van der Waals surface area contributed by atoms with E-state index in [1.807, 2.05) is 0 Å². The van der Waals surface area contributed by atoms with Gasteiger partial charge in [0.15, 0.2) is 0 Å². The van der Waals surface area contributed by atoms with Crippen LogP contribution in [0.4, 0.5) is 0 Å². The van der Waals surface area contributed by atoms with E-state index in [1.165, 1.54) is 17.7 Å². The normalized spacial score (nSPS) is 23.4. The molecule has 0 bridgehead atoms. The van der Waals surface area contributed by atoms with Gasteiger partial charge in [0.1, 0.15) is 0 Å². The van der Waals surface area contributed by atoms with Crippen LogP contribution in [0.15, 0.2) is 23.8 Å². The second kappa shape index (κ2) is 5.04. The van der Waals surface area contributed by atoms with Crippen molar-refractivity contribution in [2.24, 2.45) is 0 Å². The van der Waals surface area contributed by atoms with Gasteiger partial charge < -0.3 is 5.11 Å². The topological polar surface area (TPSA) is 20.2 Å². The van der Waals surface area contributed by atoms with Crippen LogP contribution in [0.3, 0.4) is 0 Å². The van der Waals surface area contributed by atoms with Crippen molar-refractivity contribution >= 4 is 10.0 Å². The molecule has 0 aromatic rings. The van der Waals surface area contributed by atoms with E-state index in [2.05, 4.69) is 37.7 Å². The third-order valence-corrected chi connectivity index (χ3v) is 6.22. The Hall–Kier alpha value is -0.210. The van der Waals surface area contributed by atoms with Crippen LogP contribution >= 0.6 is 10.0 Å². The molecular formula is C12H22OS. The quantitative estimate of drug-likeness (QED) is 0.763. The molecule has 14 heavy (non-hydrogen) atoms. The Kier molecular flexibility index (Phi) is 4.27. The van der Waals surface area contributed by atoms with Gasteiger partial charge in [-0.25, -0.2) is 10.0 Å². The summed E-state index contributed by atoms with van der Waals surface area (Å²) in [6, 6.07) is 0. The lowest BCUT2D eigenvalue weighted by molar-refractivity contribution is 0.296. The van der Waals surface area contributed by atoms with Crippen molar-refractivity contribution in [2.45, 2.75) is 25.0 Å². The maximum absolute atomic E-state index is 8.85. The highest BCUT2D eigenvalue weighted by Gasteiger charge is 2.22. The average Bonchev–Trinajstić information content (AvgIpc) is 2.16. The van der Waals surface area contributed by atoms with Gasteiger partial charge in [0.25, 0.3) is 0 Å². The summed E-state index contributed by atoms with van der Waals surface area (Å²) in [4.78, 5) is 0. The standard InChI is InChI=1S/C12H22OS/c1-11-5-7-12(8-6-11)14(2,3)10-4-9-13/h5-7,12-13H,4,8-10H2,1-3H3. The predicted octanol–water partition coefficient (Wildman–Crippen LogP) is 2.71. The summed E-state index contributed by atoms with van der Waals surface area (Å²) in [6.45, 7) is 2.49. The van der Waals surface area contributed by atoms with Crippen LogP contribution in [-0.4, -0.2) is 35.2 Å². The molecule has 0 heterocycles. The SMILES string of the molecule is CC1=CCC(S(C)(C)CCCO)C=C1. The molecule has 0 aromatic heterocycles. The minimum absolute atomic E-state index is 0.335. The molecule has 1 N–H and O–H groups in total. The minimum atomic E-state index is -0.560. The molecule has 1 nitrogen and oxygen atoms in total. The zero-order chi connectivity index (χ0) is 10.6. The smallest absolute Gasteiger partial charge is 0.0438 e. The zero-order valence-corrected chi connectivity index (χ0v) is 10.3. The molecule has 0 saturated carbocycles. The molecule has 82 valence electrons. The van der Waals surface area contributed by atoms with Gasteiger partial charge in [0.2, 0.25) is 0 Å². The monoisotopic (exact) mass is 214 g/mol. The first-order valence-corrected chi connectivity index (χ1v) is 7.90. The molecule has 0 aliphatic heterocycles. The maximum atomic E-state index is 8.85. The Labute approximate surface area is 89.2 Å². The number of allylic oxidation sites excluding steroid dienone is 3. The summed E-state index contributed by atoms with van der Waals surface area (Å²) in [5.74, 6) is 1.19. The van der Waals surface area contributed by atoms with Gasteiger partial charge in [0, 0.05) is 11.9 Å². The zero-order valence-electron chi connectivity index (χ0n) is 9.49. The number of hydrogen-bond acceptors (Lipinski definition) is 1. The number of aliphatic hydroxyl groups is 1.